The molecule has 0 spiro atoms. The molecule has 5 rings (SSSR count). The molecule has 4 unspecified atom stereocenters. The Bertz CT molecular complexity index is 1090. The Labute approximate surface area is 176 Å². The average molecular weight is 442 g/mol. The number of aromatic carboxylic acids is 1. The van der Waals surface area contributed by atoms with E-state index in [-0.39, 0.29) is 35.8 Å². The number of benzene rings is 1. The van der Waals surface area contributed by atoms with E-state index in [4.69, 9.17) is 10.5 Å². The molecule has 2 aromatic rings. The van der Waals surface area contributed by atoms with Crippen LogP contribution in [-0.4, -0.2) is 53.7 Å². The standard InChI is InChI=1S/C20H21F2N3O4.ClH/c21-13-3-11-15(25(17-4-14(17)22)7-12(18(11)26)19(27)28)5-16(13)24-6-10-1-2-29-20(10,8-23)9-24;/h3,5,7,10,14,17H,1-2,4,6,8-9,23H2,(H,27,28);1H. The highest BCUT2D eigenvalue weighted by molar-refractivity contribution is 5.93. The van der Waals surface area contributed by atoms with Crippen LogP contribution in [0.3, 0.4) is 0 Å². The highest BCUT2D eigenvalue weighted by Crippen LogP contribution is 2.43. The van der Waals surface area contributed by atoms with E-state index in [1.807, 2.05) is 4.90 Å². The van der Waals surface area contributed by atoms with Crippen LogP contribution in [-0.2, 0) is 4.74 Å². The van der Waals surface area contributed by atoms with Crippen LogP contribution in [0.5, 0.6) is 0 Å². The number of alkyl halides is 1. The van der Waals surface area contributed by atoms with Crippen LogP contribution in [0.2, 0.25) is 0 Å². The smallest absolute Gasteiger partial charge is 0.341 e. The van der Waals surface area contributed by atoms with Gasteiger partial charge < -0.3 is 25.0 Å². The van der Waals surface area contributed by atoms with Crippen molar-refractivity contribution < 1.29 is 23.4 Å². The molecule has 0 bridgehead atoms. The van der Waals surface area contributed by atoms with Gasteiger partial charge in [0.2, 0.25) is 5.43 Å². The summed E-state index contributed by atoms with van der Waals surface area (Å²) in [4.78, 5) is 25.9. The van der Waals surface area contributed by atoms with Gasteiger partial charge in [0.05, 0.1) is 17.2 Å². The molecule has 1 aromatic carbocycles. The molecular weight excluding hydrogens is 420 g/mol. The first-order valence-corrected chi connectivity index (χ1v) is 9.69. The topological polar surface area (TPSA) is 97.8 Å². The molecule has 7 nitrogen and oxygen atoms in total. The second-order valence-corrected chi connectivity index (χ2v) is 8.21. The van der Waals surface area contributed by atoms with Crippen LogP contribution in [0.1, 0.15) is 29.2 Å². The van der Waals surface area contributed by atoms with E-state index in [0.717, 1.165) is 12.5 Å². The number of carboxylic acid groups (broad SMARTS) is 1. The minimum absolute atomic E-state index is 0. The van der Waals surface area contributed by atoms with Crippen molar-refractivity contribution in [1.82, 2.24) is 4.57 Å². The average Bonchev–Trinajstić information content (AvgIpc) is 3.11. The fourth-order valence-corrected chi connectivity index (χ4v) is 4.81. The van der Waals surface area contributed by atoms with Gasteiger partial charge in [-0.3, -0.25) is 4.79 Å². The number of rotatable bonds is 4. The van der Waals surface area contributed by atoms with Gasteiger partial charge in [0, 0.05) is 50.2 Å². The number of carbonyl (C=O) groups is 1. The highest BCUT2D eigenvalue weighted by atomic mass is 35.5. The molecule has 0 radical (unpaired) electrons. The number of anilines is 1. The van der Waals surface area contributed by atoms with Gasteiger partial charge in [0.15, 0.2) is 0 Å². The van der Waals surface area contributed by atoms with Crippen LogP contribution < -0.4 is 16.1 Å². The van der Waals surface area contributed by atoms with E-state index in [9.17, 15) is 19.1 Å². The van der Waals surface area contributed by atoms with Gasteiger partial charge in [-0.05, 0) is 18.6 Å². The predicted octanol–water partition coefficient (Wildman–Crippen LogP) is 2.10. The summed E-state index contributed by atoms with van der Waals surface area (Å²) in [5.41, 5.74) is 4.80. The second-order valence-electron chi connectivity index (χ2n) is 8.21. The molecule has 2 aliphatic heterocycles. The van der Waals surface area contributed by atoms with Gasteiger partial charge in [-0.25, -0.2) is 13.6 Å². The van der Waals surface area contributed by atoms with E-state index in [2.05, 4.69) is 0 Å². The van der Waals surface area contributed by atoms with Crippen molar-refractivity contribution in [3.8, 4) is 0 Å². The Morgan fingerprint density at radius 2 is 2.13 bits per heavy atom. The summed E-state index contributed by atoms with van der Waals surface area (Å²) in [6.07, 6.45) is 1.14. The summed E-state index contributed by atoms with van der Waals surface area (Å²) in [7, 11) is 0. The number of ether oxygens (including phenoxy) is 1. The maximum Gasteiger partial charge on any atom is 0.341 e. The molecule has 162 valence electrons. The van der Waals surface area contributed by atoms with E-state index >= 15 is 4.39 Å². The summed E-state index contributed by atoms with van der Waals surface area (Å²) in [6, 6.07) is 2.04. The molecular formula is C20H22ClF2N3O4. The van der Waals surface area contributed by atoms with Crippen molar-refractivity contribution in [2.45, 2.75) is 30.7 Å². The third-order valence-electron chi connectivity index (χ3n) is 6.55. The first-order chi connectivity index (χ1) is 13.8. The highest BCUT2D eigenvalue weighted by Gasteiger charge is 2.50. The third kappa shape index (κ3) is 2.99. The molecule has 3 N–H and O–H groups in total. The summed E-state index contributed by atoms with van der Waals surface area (Å²) in [5, 5.41) is 9.27. The first-order valence-electron chi connectivity index (χ1n) is 9.69. The second kappa shape index (κ2) is 7.18. The van der Waals surface area contributed by atoms with Gasteiger partial charge >= 0.3 is 5.97 Å². The summed E-state index contributed by atoms with van der Waals surface area (Å²) in [5.74, 6) is -1.85. The van der Waals surface area contributed by atoms with Crippen molar-refractivity contribution in [2.75, 3.05) is 31.1 Å². The number of hydrogen-bond donors (Lipinski definition) is 2. The number of hydrogen-bond acceptors (Lipinski definition) is 5. The van der Waals surface area contributed by atoms with E-state index in [1.54, 1.807) is 0 Å². The lowest BCUT2D eigenvalue weighted by molar-refractivity contribution is 0.0126. The van der Waals surface area contributed by atoms with Gasteiger partial charge in [-0.15, -0.1) is 12.4 Å². The largest absolute Gasteiger partial charge is 0.477 e. The van der Waals surface area contributed by atoms with Gasteiger partial charge in [0.25, 0.3) is 0 Å². The van der Waals surface area contributed by atoms with Crippen molar-refractivity contribution in [3.63, 3.8) is 0 Å². The molecule has 0 amide bonds. The zero-order chi connectivity index (χ0) is 20.5. The van der Waals surface area contributed by atoms with Crippen LogP contribution in [0, 0.1) is 11.7 Å². The van der Waals surface area contributed by atoms with Gasteiger partial charge in [-0.2, -0.15) is 0 Å². The van der Waals surface area contributed by atoms with Gasteiger partial charge in [0.1, 0.15) is 23.2 Å². The first kappa shape index (κ1) is 21.0. The Morgan fingerprint density at radius 3 is 2.73 bits per heavy atom. The minimum atomic E-state index is -1.42. The van der Waals surface area contributed by atoms with E-state index in [1.165, 1.54) is 16.8 Å². The Morgan fingerprint density at radius 1 is 1.40 bits per heavy atom. The Kier molecular flexibility index (Phi) is 5.03. The molecule has 10 heteroatoms. The zero-order valence-electron chi connectivity index (χ0n) is 16.0. The number of nitrogens with two attached hydrogens (primary N) is 1. The van der Waals surface area contributed by atoms with Gasteiger partial charge in [-0.1, -0.05) is 0 Å². The molecule has 1 aliphatic carbocycles. The number of fused-ring (bicyclic) bond motifs is 2. The predicted molar refractivity (Wildman–Crippen MR) is 109 cm³/mol. The van der Waals surface area contributed by atoms with Crippen LogP contribution >= 0.6 is 12.4 Å². The van der Waals surface area contributed by atoms with Crippen molar-refractivity contribution in [1.29, 1.82) is 0 Å². The van der Waals surface area contributed by atoms with Crippen LogP contribution in [0.25, 0.3) is 10.9 Å². The molecule has 1 saturated carbocycles. The molecule has 30 heavy (non-hydrogen) atoms. The lowest BCUT2D eigenvalue weighted by atomic mass is 9.91. The zero-order valence-corrected chi connectivity index (χ0v) is 16.8. The molecule has 3 fully saturated rings. The Hall–Kier alpha value is -2.23. The molecule has 3 heterocycles. The molecule has 1 aromatic heterocycles. The lowest BCUT2D eigenvalue weighted by Crippen LogP contribution is -2.44. The number of carboxylic acids is 1. The van der Waals surface area contributed by atoms with E-state index in [0.29, 0.717) is 31.8 Å². The monoisotopic (exact) mass is 441 g/mol. The maximum absolute atomic E-state index is 15.0. The number of pyridine rings is 1. The summed E-state index contributed by atoms with van der Waals surface area (Å²) >= 11 is 0. The van der Waals surface area contributed by atoms with Crippen molar-refractivity contribution in [2.24, 2.45) is 11.7 Å². The summed E-state index contributed by atoms with van der Waals surface area (Å²) in [6.45, 7) is 1.98. The minimum Gasteiger partial charge on any atom is -0.477 e. The molecule has 3 aliphatic rings. The normalized spacial score (nSPS) is 29.7. The molecule has 4 atom stereocenters. The van der Waals surface area contributed by atoms with Crippen LogP contribution in [0.4, 0.5) is 14.5 Å². The SMILES string of the molecule is Cl.NCC12CN(c3cc4c(cc3F)c(=O)c(C(=O)O)cn4C3CC3F)CC1CCO2. The fraction of sp³-hybridized carbons (Fsp3) is 0.500. The number of halogens is 3. The number of nitrogens with zero attached hydrogens (tertiary/aromatic N) is 2. The van der Waals surface area contributed by atoms with Crippen molar-refractivity contribution in [3.05, 3.63) is 39.9 Å². The Balaban J connectivity index is 0.00000218. The number of aromatic nitrogens is 1. The van der Waals surface area contributed by atoms with E-state index < -0.39 is 40.6 Å². The van der Waals surface area contributed by atoms with Crippen LogP contribution in [0.15, 0.2) is 23.1 Å². The molecule has 2 saturated heterocycles. The van der Waals surface area contributed by atoms with Crippen molar-refractivity contribution >= 4 is 35.0 Å². The summed E-state index contributed by atoms with van der Waals surface area (Å²) < 4.78 is 36.2. The fourth-order valence-electron chi connectivity index (χ4n) is 4.81. The third-order valence-corrected chi connectivity index (χ3v) is 6.55. The quantitative estimate of drug-likeness (QED) is 0.754. The maximum atomic E-state index is 15.0. The lowest BCUT2D eigenvalue weighted by Gasteiger charge is -2.27.